The lowest BCUT2D eigenvalue weighted by Gasteiger charge is -2.04. The summed E-state index contributed by atoms with van der Waals surface area (Å²) in [4.78, 5) is 4.13. The molecule has 0 fully saturated rings. The minimum atomic E-state index is 0.435. The Hall–Kier alpha value is -0.500. The zero-order chi connectivity index (χ0) is 10.3. The van der Waals surface area contributed by atoms with E-state index in [0.717, 1.165) is 16.5 Å². The van der Waals surface area contributed by atoms with Crippen molar-refractivity contribution >= 4 is 45.6 Å². The van der Waals surface area contributed by atoms with Crippen molar-refractivity contribution in [3.63, 3.8) is 0 Å². The molecule has 0 radical (unpaired) electrons. The Balaban J connectivity index is 2.94. The van der Waals surface area contributed by atoms with Gasteiger partial charge in [0.1, 0.15) is 5.15 Å². The van der Waals surface area contributed by atoms with Crippen molar-refractivity contribution in [2.75, 3.05) is 0 Å². The highest BCUT2D eigenvalue weighted by Crippen LogP contribution is 2.31. The summed E-state index contributed by atoms with van der Waals surface area (Å²) < 4.78 is 0. The lowest BCUT2D eigenvalue weighted by molar-refractivity contribution is 1.22. The van der Waals surface area contributed by atoms with Crippen molar-refractivity contribution in [2.24, 2.45) is 0 Å². The summed E-state index contributed by atoms with van der Waals surface area (Å²) in [5.41, 5.74) is 0.840. The van der Waals surface area contributed by atoms with E-state index in [1.165, 1.54) is 0 Å². The summed E-state index contributed by atoms with van der Waals surface area (Å²) in [6.45, 7) is 1.87. The van der Waals surface area contributed by atoms with E-state index in [4.69, 9.17) is 34.8 Å². The monoisotopic (exact) mass is 245 g/mol. The van der Waals surface area contributed by atoms with Gasteiger partial charge in [0.25, 0.3) is 0 Å². The SMILES string of the molecule is Cc1cc2c(Cl)cc(Cl)cc2c(Cl)n1. The highest BCUT2D eigenvalue weighted by Gasteiger charge is 2.06. The molecule has 0 amide bonds. The second kappa shape index (κ2) is 3.58. The largest absolute Gasteiger partial charge is 0.241 e. The average Bonchev–Trinajstić information content (AvgIpc) is 2.07. The molecule has 1 aromatic heterocycles. The van der Waals surface area contributed by atoms with E-state index < -0.39 is 0 Å². The molecule has 2 aromatic rings. The van der Waals surface area contributed by atoms with Gasteiger partial charge >= 0.3 is 0 Å². The molecule has 0 atom stereocenters. The van der Waals surface area contributed by atoms with Crippen LogP contribution >= 0.6 is 34.8 Å². The summed E-state index contributed by atoms with van der Waals surface area (Å²) in [7, 11) is 0. The molecule has 0 N–H and O–H groups in total. The predicted molar refractivity (Wildman–Crippen MR) is 61.5 cm³/mol. The zero-order valence-electron chi connectivity index (χ0n) is 7.31. The molecule has 1 nitrogen and oxygen atoms in total. The molecule has 0 saturated carbocycles. The van der Waals surface area contributed by atoms with E-state index in [1.54, 1.807) is 12.1 Å². The molecule has 1 aromatic carbocycles. The summed E-state index contributed by atoms with van der Waals surface area (Å²) in [5.74, 6) is 0. The van der Waals surface area contributed by atoms with Crippen LogP contribution in [0, 0.1) is 6.92 Å². The van der Waals surface area contributed by atoms with Gasteiger partial charge in [-0.1, -0.05) is 34.8 Å². The van der Waals surface area contributed by atoms with Crippen molar-refractivity contribution in [3.8, 4) is 0 Å². The maximum absolute atomic E-state index is 6.04. The maximum atomic E-state index is 6.04. The van der Waals surface area contributed by atoms with Crippen LogP contribution in [0.4, 0.5) is 0 Å². The molecular formula is C10H6Cl3N. The van der Waals surface area contributed by atoms with Gasteiger partial charge in [-0.2, -0.15) is 0 Å². The van der Waals surface area contributed by atoms with Crippen LogP contribution in [0.1, 0.15) is 5.69 Å². The van der Waals surface area contributed by atoms with Crippen molar-refractivity contribution < 1.29 is 0 Å². The molecule has 0 unspecified atom stereocenters. The lowest BCUT2D eigenvalue weighted by Crippen LogP contribution is -1.85. The number of pyridine rings is 1. The normalized spacial score (nSPS) is 10.9. The molecule has 0 saturated heterocycles. The highest BCUT2D eigenvalue weighted by molar-refractivity contribution is 6.41. The molecule has 0 spiro atoms. The Morgan fingerprint density at radius 3 is 2.43 bits per heavy atom. The van der Waals surface area contributed by atoms with Crippen molar-refractivity contribution in [1.82, 2.24) is 4.98 Å². The zero-order valence-corrected chi connectivity index (χ0v) is 9.58. The third-order valence-electron chi connectivity index (χ3n) is 1.94. The lowest BCUT2D eigenvalue weighted by atomic mass is 10.1. The van der Waals surface area contributed by atoms with E-state index in [-0.39, 0.29) is 0 Å². The van der Waals surface area contributed by atoms with Gasteiger partial charge in [0.2, 0.25) is 0 Å². The maximum Gasteiger partial charge on any atom is 0.137 e. The van der Waals surface area contributed by atoms with Gasteiger partial charge in [0, 0.05) is 21.5 Å². The standard InChI is InChI=1S/C10H6Cl3N/c1-5-2-7-8(10(13)14-5)3-6(11)4-9(7)12/h2-4H,1H3. The summed E-state index contributed by atoms with van der Waals surface area (Å²) in [5, 5.41) is 3.27. The Labute approximate surface area is 96.6 Å². The van der Waals surface area contributed by atoms with Crippen LogP contribution < -0.4 is 0 Å². The average molecular weight is 247 g/mol. The molecule has 1 heterocycles. The Kier molecular flexibility index (Phi) is 2.56. The van der Waals surface area contributed by atoms with E-state index in [2.05, 4.69) is 4.98 Å². The van der Waals surface area contributed by atoms with Gasteiger partial charge in [0.05, 0.1) is 5.02 Å². The number of hydrogen-bond acceptors (Lipinski definition) is 1. The van der Waals surface area contributed by atoms with E-state index in [1.807, 2.05) is 13.0 Å². The van der Waals surface area contributed by atoms with Crippen molar-refractivity contribution in [3.05, 3.63) is 39.1 Å². The molecule has 0 aliphatic rings. The van der Waals surface area contributed by atoms with Gasteiger partial charge in [-0.25, -0.2) is 4.98 Å². The van der Waals surface area contributed by atoms with Crippen LogP contribution in [0.25, 0.3) is 10.8 Å². The number of aryl methyl sites for hydroxylation is 1. The molecule has 0 aliphatic heterocycles. The highest BCUT2D eigenvalue weighted by atomic mass is 35.5. The van der Waals surface area contributed by atoms with Gasteiger partial charge in [-0.15, -0.1) is 0 Å². The van der Waals surface area contributed by atoms with Gasteiger partial charge in [0.15, 0.2) is 0 Å². The Morgan fingerprint density at radius 1 is 1.00 bits per heavy atom. The van der Waals surface area contributed by atoms with Crippen LogP contribution in [0.2, 0.25) is 15.2 Å². The number of rotatable bonds is 0. The number of hydrogen-bond donors (Lipinski definition) is 0. The molecule has 14 heavy (non-hydrogen) atoms. The number of fused-ring (bicyclic) bond motifs is 1. The van der Waals surface area contributed by atoms with Gasteiger partial charge in [-0.05, 0) is 25.1 Å². The minimum absolute atomic E-state index is 0.435. The summed E-state index contributed by atoms with van der Waals surface area (Å²) in [6.07, 6.45) is 0. The van der Waals surface area contributed by atoms with Gasteiger partial charge in [-0.3, -0.25) is 0 Å². The number of benzene rings is 1. The van der Waals surface area contributed by atoms with Crippen LogP contribution in [0.5, 0.6) is 0 Å². The topological polar surface area (TPSA) is 12.9 Å². The quantitative estimate of drug-likeness (QED) is 0.624. The van der Waals surface area contributed by atoms with Crippen molar-refractivity contribution in [2.45, 2.75) is 6.92 Å². The Bertz CT molecular complexity index is 461. The van der Waals surface area contributed by atoms with Crippen LogP contribution in [-0.4, -0.2) is 4.98 Å². The fraction of sp³-hybridized carbons (Fsp3) is 0.100. The van der Waals surface area contributed by atoms with Crippen LogP contribution in [0.15, 0.2) is 18.2 Å². The third kappa shape index (κ3) is 1.68. The third-order valence-corrected chi connectivity index (χ3v) is 2.76. The van der Waals surface area contributed by atoms with Crippen molar-refractivity contribution in [1.29, 1.82) is 0 Å². The summed E-state index contributed by atoms with van der Waals surface area (Å²) >= 11 is 17.9. The summed E-state index contributed by atoms with van der Waals surface area (Å²) in [6, 6.07) is 5.35. The molecule has 0 bridgehead atoms. The number of halogens is 3. The number of aromatic nitrogens is 1. The smallest absolute Gasteiger partial charge is 0.137 e. The first kappa shape index (κ1) is 10.0. The van der Waals surface area contributed by atoms with E-state index in [9.17, 15) is 0 Å². The molecule has 4 heteroatoms. The first-order valence-electron chi connectivity index (χ1n) is 4.00. The fourth-order valence-corrected chi connectivity index (χ4v) is 2.20. The fourth-order valence-electron chi connectivity index (χ4n) is 1.36. The molecule has 2 rings (SSSR count). The van der Waals surface area contributed by atoms with Gasteiger partial charge < -0.3 is 0 Å². The minimum Gasteiger partial charge on any atom is -0.241 e. The molecule has 0 aliphatic carbocycles. The molecular weight excluding hydrogens is 240 g/mol. The van der Waals surface area contributed by atoms with E-state index in [0.29, 0.717) is 15.2 Å². The first-order valence-corrected chi connectivity index (χ1v) is 5.13. The molecule has 72 valence electrons. The van der Waals surface area contributed by atoms with E-state index >= 15 is 0 Å². The van der Waals surface area contributed by atoms with Crippen LogP contribution in [0.3, 0.4) is 0 Å². The second-order valence-corrected chi connectivity index (χ2v) is 4.24. The number of nitrogens with zero attached hydrogens (tertiary/aromatic N) is 1. The Morgan fingerprint density at radius 2 is 1.71 bits per heavy atom. The second-order valence-electron chi connectivity index (χ2n) is 3.04. The van der Waals surface area contributed by atoms with Crippen LogP contribution in [-0.2, 0) is 0 Å². The first-order chi connectivity index (χ1) is 6.58. The predicted octanol–water partition coefficient (Wildman–Crippen LogP) is 4.50.